The van der Waals surface area contributed by atoms with Crippen molar-refractivity contribution in [2.24, 2.45) is 0 Å². The Balaban J connectivity index is 3.51. The molecule has 1 aromatic rings. The summed E-state index contributed by atoms with van der Waals surface area (Å²) in [5.74, 6) is 0. The van der Waals surface area contributed by atoms with Crippen LogP contribution in [0.15, 0.2) is 10.5 Å². The molecule has 0 aromatic carbocycles. The highest BCUT2D eigenvalue weighted by Gasteiger charge is 2.37. The van der Waals surface area contributed by atoms with E-state index >= 15 is 0 Å². The van der Waals surface area contributed by atoms with Gasteiger partial charge in [0.2, 0.25) is 0 Å². The Morgan fingerprint density at radius 2 is 1.94 bits per heavy atom. The Morgan fingerprint density at radius 1 is 1.38 bits per heavy atom. The van der Waals surface area contributed by atoms with E-state index in [1.54, 1.807) is 0 Å². The number of pyridine rings is 1. The van der Waals surface area contributed by atoms with Crippen LogP contribution in [-0.4, -0.2) is 4.98 Å². The zero-order valence-corrected chi connectivity index (χ0v) is 8.90. The van der Waals surface area contributed by atoms with Crippen molar-refractivity contribution in [3.05, 3.63) is 27.5 Å². The molecule has 8 heteroatoms. The van der Waals surface area contributed by atoms with Gasteiger partial charge in [-0.05, 0) is 22.0 Å². The summed E-state index contributed by atoms with van der Waals surface area (Å²) >= 11 is 2.62. The maximum atomic E-state index is 12.4. The number of halogens is 6. The first kappa shape index (κ1) is 12.8. The minimum absolute atomic E-state index is 0.354. The van der Waals surface area contributed by atoms with Crippen molar-refractivity contribution < 1.29 is 22.0 Å². The number of nitrogens with zero attached hydrogens (tertiary/aromatic N) is 2. The molecule has 0 fully saturated rings. The Labute approximate surface area is 94.8 Å². The highest BCUT2D eigenvalue weighted by molar-refractivity contribution is 9.10. The van der Waals surface area contributed by atoms with Gasteiger partial charge in [-0.25, -0.2) is 13.8 Å². The number of hydrogen-bond donors (Lipinski definition) is 0. The maximum absolute atomic E-state index is 12.4. The summed E-state index contributed by atoms with van der Waals surface area (Å²) < 4.78 is 61.2. The average molecular weight is 301 g/mol. The van der Waals surface area contributed by atoms with Crippen LogP contribution in [0.2, 0.25) is 0 Å². The van der Waals surface area contributed by atoms with Crippen LogP contribution in [0, 0.1) is 11.3 Å². The normalized spacial score (nSPS) is 11.6. The number of hydrogen-bond acceptors (Lipinski definition) is 2. The Hall–Kier alpha value is -1.23. The molecule has 0 unspecified atom stereocenters. The molecule has 86 valence electrons. The highest BCUT2D eigenvalue weighted by atomic mass is 79.9. The summed E-state index contributed by atoms with van der Waals surface area (Å²) in [4.78, 5) is 2.75. The van der Waals surface area contributed by atoms with Gasteiger partial charge in [-0.1, -0.05) is 0 Å². The van der Waals surface area contributed by atoms with Crippen molar-refractivity contribution in [3.63, 3.8) is 0 Å². The van der Waals surface area contributed by atoms with Crippen molar-refractivity contribution >= 4 is 15.9 Å². The van der Waals surface area contributed by atoms with Gasteiger partial charge in [0, 0.05) is 4.47 Å². The van der Waals surface area contributed by atoms with Gasteiger partial charge in [0.15, 0.2) is 5.69 Å². The second-order valence-corrected chi connectivity index (χ2v) is 3.52. The van der Waals surface area contributed by atoms with Gasteiger partial charge in [-0.3, -0.25) is 0 Å². The van der Waals surface area contributed by atoms with E-state index in [-0.39, 0.29) is 4.47 Å². The van der Waals surface area contributed by atoms with Crippen LogP contribution in [0.1, 0.15) is 23.4 Å². The van der Waals surface area contributed by atoms with E-state index in [4.69, 9.17) is 5.26 Å². The van der Waals surface area contributed by atoms with Crippen molar-refractivity contribution in [2.75, 3.05) is 0 Å². The summed E-state index contributed by atoms with van der Waals surface area (Å²) in [5.41, 5.74) is -3.45. The first-order valence-corrected chi connectivity index (χ1v) is 4.52. The Morgan fingerprint density at radius 3 is 2.31 bits per heavy atom. The van der Waals surface area contributed by atoms with Crippen LogP contribution in [0.5, 0.6) is 0 Å². The lowest BCUT2D eigenvalue weighted by molar-refractivity contribution is -0.141. The van der Waals surface area contributed by atoms with Gasteiger partial charge in [0.1, 0.15) is 11.8 Å². The largest absolute Gasteiger partial charge is 0.434 e. The molecule has 2 nitrogen and oxygen atoms in total. The molecule has 1 heterocycles. The van der Waals surface area contributed by atoms with Gasteiger partial charge in [-0.2, -0.15) is 18.4 Å². The second-order valence-electron chi connectivity index (χ2n) is 2.66. The molecule has 1 aromatic heterocycles. The lowest BCUT2D eigenvalue weighted by Gasteiger charge is -2.10. The lowest BCUT2D eigenvalue weighted by atomic mass is 10.2. The number of nitriles is 1. The third-order valence-corrected chi connectivity index (χ3v) is 2.22. The molecule has 0 bridgehead atoms. The van der Waals surface area contributed by atoms with Crippen LogP contribution < -0.4 is 0 Å². The molecular weight excluding hydrogens is 299 g/mol. The van der Waals surface area contributed by atoms with Gasteiger partial charge in [0.25, 0.3) is 6.43 Å². The minimum Gasteiger partial charge on any atom is -0.241 e. The molecule has 16 heavy (non-hydrogen) atoms. The fourth-order valence-corrected chi connectivity index (χ4v) is 1.47. The topological polar surface area (TPSA) is 36.7 Å². The van der Waals surface area contributed by atoms with Gasteiger partial charge >= 0.3 is 6.18 Å². The molecule has 0 atom stereocenters. The predicted molar refractivity (Wildman–Crippen MR) is 46.6 cm³/mol. The third kappa shape index (κ3) is 2.47. The summed E-state index contributed by atoms with van der Waals surface area (Å²) in [5, 5.41) is 8.48. The fourth-order valence-electron chi connectivity index (χ4n) is 0.956. The zero-order chi connectivity index (χ0) is 12.5. The molecule has 0 aliphatic heterocycles. The van der Waals surface area contributed by atoms with Gasteiger partial charge in [0.05, 0.1) is 5.56 Å². The van der Waals surface area contributed by atoms with E-state index < -0.39 is 29.6 Å². The average Bonchev–Trinajstić information content (AvgIpc) is 2.14. The van der Waals surface area contributed by atoms with E-state index in [0.29, 0.717) is 6.07 Å². The first-order chi connectivity index (χ1) is 7.27. The molecule has 1 rings (SSSR count). The standard InChI is InChI=1S/C8H2BrF5N2/c9-4-1-5(7(10)11)16-6(3(4)2-15)8(12,13)14/h1,7H. The van der Waals surface area contributed by atoms with Crippen LogP contribution in [0.3, 0.4) is 0 Å². The van der Waals surface area contributed by atoms with E-state index in [2.05, 4.69) is 20.9 Å². The Bertz CT molecular complexity index is 449. The summed E-state index contributed by atoms with van der Waals surface area (Å²) in [6, 6.07) is 1.96. The quantitative estimate of drug-likeness (QED) is 0.742. The predicted octanol–water partition coefficient (Wildman–Crippen LogP) is 3.67. The van der Waals surface area contributed by atoms with Gasteiger partial charge < -0.3 is 0 Å². The number of aromatic nitrogens is 1. The summed E-state index contributed by atoms with van der Waals surface area (Å²) in [7, 11) is 0. The molecular formula is C8H2BrF5N2. The molecule has 0 aliphatic carbocycles. The molecule has 0 saturated carbocycles. The SMILES string of the molecule is N#Cc1c(Br)cc(C(F)F)nc1C(F)(F)F. The fraction of sp³-hybridized carbons (Fsp3) is 0.250. The smallest absolute Gasteiger partial charge is 0.241 e. The van der Waals surface area contributed by atoms with Crippen molar-refractivity contribution in [3.8, 4) is 6.07 Å². The molecule has 0 N–H and O–H groups in total. The lowest BCUT2D eigenvalue weighted by Crippen LogP contribution is -2.13. The van der Waals surface area contributed by atoms with Crippen molar-refractivity contribution in [1.29, 1.82) is 5.26 Å². The molecule has 0 saturated heterocycles. The molecule has 0 spiro atoms. The summed E-state index contributed by atoms with van der Waals surface area (Å²) in [6.07, 6.45) is -8.08. The zero-order valence-electron chi connectivity index (χ0n) is 7.32. The van der Waals surface area contributed by atoms with Crippen molar-refractivity contribution in [1.82, 2.24) is 4.98 Å². The molecule has 0 radical (unpaired) electrons. The molecule has 0 amide bonds. The van der Waals surface area contributed by atoms with Gasteiger partial charge in [-0.15, -0.1) is 0 Å². The third-order valence-electron chi connectivity index (χ3n) is 1.60. The van der Waals surface area contributed by atoms with Crippen LogP contribution >= 0.6 is 15.9 Å². The Kier molecular flexibility index (Phi) is 3.48. The number of rotatable bonds is 1. The van der Waals surface area contributed by atoms with Crippen LogP contribution in [-0.2, 0) is 6.18 Å². The van der Waals surface area contributed by atoms with Crippen molar-refractivity contribution in [2.45, 2.75) is 12.6 Å². The second kappa shape index (κ2) is 4.33. The van der Waals surface area contributed by atoms with Crippen LogP contribution in [0.4, 0.5) is 22.0 Å². The summed E-state index contributed by atoms with van der Waals surface area (Å²) in [6.45, 7) is 0. The number of alkyl halides is 5. The highest BCUT2D eigenvalue weighted by Crippen LogP contribution is 2.35. The van der Waals surface area contributed by atoms with E-state index in [0.717, 1.165) is 0 Å². The van der Waals surface area contributed by atoms with Crippen LogP contribution in [0.25, 0.3) is 0 Å². The van der Waals surface area contributed by atoms with E-state index in [1.807, 2.05) is 0 Å². The van der Waals surface area contributed by atoms with E-state index in [9.17, 15) is 22.0 Å². The minimum atomic E-state index is -4.95. The monoisotopic (exact) mass is 300 g/mol. The first-order valence-electron chi connectivity index (χ1n) is 3.73. The maximum Gasteiger partial charge on any atom is 0.434 e. The molecule has 0 aliphatic rings. The van der Waals surface area contributed by atoms with E-state index in [1.165, 1.54) is 6.07 Å².